The van der Waals surface area contributed by atoms with Crippen molar-refractivity contribution in [3.63, 3.8) is 0 Å². The molecule has 1 saturated carbocycles. The molecule has 1 aromatic carbocycles. The second kappa shape index (κ2) is 8.24. The van der Waals surface area contributed by atoms with Gasteiger partial charge in [0, 0.05) is 32.2 Å². The monoisotopic (exact) mass is 397 g/mol. The molecule has 0 radical (unpaired) electrons. The lowest BCUT2D eigenvalue weighted by Crippen LogP contribution is -2.08. The number of aryl methyl sites for hydroxylation is 1. The summed E-state index contributed by atoms with van der Waals surface area (Å²) in [5.74, 6) is 3.55. The van der Waals surface area contributed by atoms with Crippen LogP contribution in [-0.2, 0) is 24.8 Å². The smallest absolute Gasteiger partial charge is 0.179 e. The van der Waals surface area contributed by atoms with E-state index in [1.165, 1.54) is 18.5 Å². The maximum Gasteiger partial charge on any atom is 0.179 e. The number of ether oxygens (including phenoxy) is 3. The van der Waals surface area contributed by atoms with Crippen molar-refractivity contribution < 1.29 is 14.2 Å². The van der Waals surface area contributed by atoms with Crippen molar-refractivity contribution in [1.29, 1.82) is 0 Å². The molecular formula is C21H27N5O3. The van der Waals surface area contributed by atoms with Crippen molar-refractivity contribution in [3.8, 4) is 23.0 Å². The van der Waals surface area contributed by atoms with Crippen LogP contribution in [0.15, 0.2) is 24.3 Å². The minimum Gasteiger partial charge on any atom is -0.493 e. The van der Waals surface area contributed by atoms with Crippen molar-refractivity contribution in [3.05, 3.63) is 41.3 Å². The summed E-state index contributed by atoms with van der Waals surface area (Å²) in [5.41, 5.74) is 3.18. The molecule has 8 nitrogen and oxygen atoms in total. The number of methoxy groups -OCH3 is 3. The molecule has 2 heterocycles. The van der Waals surface area contributed by atoms with Gasteiger partial charge >= 0.3 is 0 Å². The Bertz CT molecular complexity index is 990. The van der Waals surface area contributed by atoms with Crippen molar-refractivity contribution in [1.82, 2.24) is 24.5 Å². The van der Waals surface area contributed by atoms with Crippen LogP contribution < -0.4 is 9.47 Å². The van der Waals surface area contributed by atoms with Crippen molar-refractivity contribution in [2.45, 2.75) is 31.7 Å². The second-order valence-corrected chi connectivity index (χ2v) is 7.29. The van der Waals surface area contributed by atoms with E-state index in [0.717, 1.165) is 22.9 Å². The van der Waals surface area contributed by atoms with Crippen LogP contribution in [0.4, 0.5) is 0 Å². The van der Waals surface area contributed by atoms with Crippen LogP contribution in [-0.4, -0.2) is 52.5 Å². The first-order valence-electron chi connectivity index (χ1n) is 9.80. The normalized spacial score (nSPS) is 13.7. The summed E-state index contributed by atoms with van der Waals surface area (Å²) in [4.78, 5) is 4.81. The minimum atomic E-state index is 0.564. The summed E-state index contributed by atoms with van der Waals surface area (Å²) in [7, 11) is 6.95. The minimum absolute atomic E-state index is 0.564. The summed E-state index contributed by atoms with van der Waals surface area (Å²) in [6, 6.07) is 8.01. The van der Waals surface area contributed by atoms with Gasteiger partial charge in [0.05, 0.1) is 27.4 Å². The summed E-state index contributed by atoms with van der Waals surface area (Å²) in [6.45, 7) is 1.19. The Morgan fingerprint density at radius 2 is 1.83 bits per heavy atom. The van der Waals surface area contributed by atoms with Gasteiger partial charge in [0.2, 0.25) is 0 Å². The van der Waals surface area contributed by atoms with Crippen LogP contribution in [0.3, 0.4) is 0 Å². The molecule has 29 heavy (non-hydrogen) atoms. The van der Waals surface area contributed by atoms with Gasteiger partial charge in [-0.1, -0.05) is 6.07 Å². The molecule has 3 aromatic rings. The van der Waals surface area contributed by atoms with E-state index in [1.807, 2.05) is 34.6 Å². The first kappa shape index (κ1) is 19.4. The van der Waals surface area contributed by atoms with E-state index in [2.05, 4.69) is 6.07 Å². The molecule has 0 saturated heterocycles. The average Bonchev–Trinajstić information content (AvgIpc) is 3.39. The largest absolute Gasteiger partial charge is 0.493 e. The molecule has 1 aliphatic rings. The molecule has 0 spiro atoms. The molecule has 2 aromatic heterocycles. The van der Waals surface area contributed by atoms with Gasteiger partial charge < -0.3 is 14.2 Å². The predicted molar refractivity (Wildman–Crippen MR) is 108 cm³/mol. The van der Waals surface area contributed by atoms with E-state index in [4.69, 9.17) is 29.4 Å². The fraction of sp³-hybridized carbons (Fsp3) is 0.476. The van der Waals surface area contributed by atoms with Gasteiger partial charge in [-0.2, -0.15) is 10.2 Å². The molecule has 8 heteroatoms. The number of rotatable bonds is 9. The molecule has 0 amide bonds. The molecular weight excluding hydrogens is 370 g/mol. The van der Waals surface area contributed by atoms with Crippen molar-refractivity contribution >= 4 is 0 Å². The Labute approximate surface area is 170 Å². The Morgan fingerprint density at radius 3 is 2.52 bits per heavy atom. The van der Waals surface area contributed by atoms with Gasteiger partial charge in [0.1, 0.15) is 5.69 Å². The van der Waals surface area contributed by atoms with E-state index >= 15 is 0 Å². The maximum absolute atomic E-state index is 5.41. The standard InChI is InChI=1S/C21H27N5O3/c1-25-17(15-6-7-15)13-16(23-25)21-22-20(24-26(21)9-10-27-2)12-14-5-8-18(28-3)19(11-14)29-4/h5,8,11,13,15H,6-7,9-10,12H2,1-4H3. The molecule has 4 rings (SSSR count). The molecule has 0 bridgehead atoms. The van der Waals surface area contributed by atoms with E-state index in [-0.39, 0.29) is 0 Å². The molecule has 0 unspecified atom stereocenters. The van der Waals surface area contributed by atoms with Crippen molar-refractivity contribution in [2.75, 3.05) is 27.9 Å². The summed E-state index contributed by atoms with van der Waals surface area (Å²) < 4.78 is 19.8. The highest BCUT2D eigenvalue weighted by Gasteiger charge is 2.28. The van der Waals surface area contributed by atoms with Crippen LogP contribution in [0.25, 0.3) is 11.5 Å². The first-order chi connectivity index (χ1) is 14.1. The summed E-state index contributed by atoms with van der Waals surface area (Å²) >= 11 is 0. The van der Waals surface area contributed by atoms with Gasteiger partial charge in [-0.05, 0) is 36.6 Å². The van der Waals surface area contributed by atoms with Crippen molar-refractivity contribution in [2.24, 2.45) is 7.05 Å². The van der Waals surface area contributed by atoms with Gasteiger partial charge in [-0.15, -0.1) is 0 Å². The van der Waals surface area contributed by atoms with E-state index in [9.17, 15) is 0 Å². The molecule has 0 aliphatic heterocycles. The van der Waals surface area contributed by atoms with Crippen LogP contribution in [0, 0.1) is 0 Å². The molecule has 0 N–H and O–H groups in total. The lowest BCUT2D eigenvalue weighted by atomic mass is 10.1. The number of nitrogens with zero attached hydrogens (tertiary/aromatic N) is 5. The third-order valence-electron chi connectivity index (χ3n) is 5.17. The third kappa shape index (κ3) is 4.12. The maximum atomic E-state index is 5.41. The van der Waals surface area contributed by atoms with Crippen LogP contribution in [0.5, 0.6) is 11.5 Å². The van der Waals surface area contributed by atoms with Gasteiger partial charge in [0.15, 0.2) is 23.1 Å². The van der Waals surface area contributed by atoms with E-state index < -0.39 is 0 Å². The Morgan fingerprint density at radius 1 is 1.03 bits per heavy atom. The highest BCUT2D eigenvalue weighted by atomic mass is 16.5. The van der Waals surface area contributed by atoms with Gasteiger partial charge in [0.25, 0.3) is 0 Å². The summed E-state index contributed by atoms with van der Waals surface area (Å²) in [5, 5.41) is 9.42. The van der Waals surface area contributed by atoms with E-state index in [1.54, 1.807) is 21.3 Å². The summed E-state index contributed by atoms with van der Waals surface area (Å²) in [6.07, 6.45) is 3.06. The zero-order chi connectivity index (χ0) is 20.4. The Kier molecular flexibility index (Phi) is 5.53. The lowest BCUT2D eigenvalue weighted by molar-refractivity contribution is 0.184. The van der Waals surface area contributed by atoms with Crippen LogP contribution >= 0.6 is 0 Å². The molecule has 1 aliphatic carbocycles. The number of benzene rings is 1. The van der Waals surface area contributed by atoms with Crippen LogP contribution in [0.2, 0.25) is 0 Å². The fourth-order valence-corrected chi connectivity index (χ4v) is 3.51. The van der Waals surface area contributed by atoms with Crippen LogP contribution in [0.1, 0.15) is 35.8 Å². The van der Waals surface area contributed by atoms with Gasteiger partial charge in [-0.25, -0.2) is 9.67 Å². The fourth-order valence-electron chi connectivity index (χ4n) is 3.51. The number of hydrogen-bond donors (Lipinski definition) is 0. The molecule has 0 atom stereocenters. The zero-order valence-corrected chi connectivity index (χ0v) is 17.4. The Hall–Kier alpha value is -2.87. The predicted octanol–water partition coefficient (Wildman–Crippen LogP) is 2.81. The lowest BCUT2D eigenvalue weighted by Gasteiger charge is -2.08. The Balaban J connectivity index is 1.64. The third-order valence-corrected chi connectivity index (χ3v) is 5.17. The highest BCUT2D eigenvalue weighted by Crippen LogP contribution is 2.40. The highest BCUT2D eigenvalue weighted by molar-refractivity contribution is 5.51. The SMILES string of the molecule is COCCn1nc(Cc2ccc(OC)c(OC)c2)nc1-c1cc(C2CC2)n(C)n1. The number of aromatic nitrogens is 5. The van der Waals surface area contributed by atoms with Gasteiger partial charge in [-0.3, -0.25) is 4.68 Å². The number of hydrogen-bond acceptors (Lipinski definition) is 6. The first-order valence-corrected chi connectivity index (χ1v) is 9.80. The molecule has 1 fully saturated rings. The zero-order valence-electron chi connectivity index (χ0n) is 17.4. The second-order valence-electron chi connectivity index (χ2n) is 7.29. The molecule has 154 valence electrons. The topological polar surface area (TPSA) is 76.2 Å². The van der Waals surface area contributed by atoms with E-state index in [0.29, 0.717) is 37.0 Å². The average molecular weight is 397 g/mol. The quantitative estimate of drug-likeness (QED) is 0.553.